The summed E-state index contributed by atoms with van der Waals surface area (Å²) in [6, 6.07) is 0. The Labute approximate surface area is 176 Å². The number of hydrogen-bond donors (Lipinski definition) is 2. The fraction of sp³-hybridized carbons (Fsp3) is 0.895. The van der Waals surface area contributed by atoms with E-state index in [1.54, 1.807) is 0 Å². The van der Waals surface area contributed by atoms with E-state index in [1.807, 2.05) is 4.90 Å². The average molecular weight is 479 g/mol. The molecular formula is C19H38IN5O. The number of carbonyl (C=O) groups is 1. The largest absolute Gasteiger partial charge is 0.357 e. The highest BCUT2D eigenvalue weighted by atomic mass is 127. The van der Waals surface area contributed by atoms with Crippen molar-refractivity contribution in [2.45, 2.75) is 58.3 Å². The van der Waals surface area contributed by atoms with Crippen LogP contribution in [0.25, 0.3) is 0 Å². The van der Waals surface area contributed by atoms with E-state index in [2.05, 4.69) is 27.4 Å². The second-order valence-corrected chi connectivity index (χ2v) is 7.13. The first kappa shape index (κ1) is 23.5. The van der Waals surface area contributed by atoms with Crippen LogP contribution in [-0.2, 0) is 4.79 Å². The molecule has 0 bridgehead atoms. The summed E-state index contributed by atoms with van der Waals surface area (Å²) in [6.07, 6.45) is 9.11. The maximum atomic E-state index is 12.0. The van der Waals surface area contributed by atoms with Gasteiger partial charge in [0.05, 0.1) is 0 Å². The molecule has 7 heteroatoms. The molecule has 0 spiro atoms. The van der Waals surface area contributed by atoms with Gasteiger partial charge in [-0.1, -0.05) is 12.8 Å². The summed E-state index contributed by atoms with van der Waals surface area (Å²) in [6.45, 7) is 10.0. The molecule has 0 aromatic carbocycles. The Hall–Kier alpha value is -0.570. The maximum Gasteiger partial charge on any atom is 0.222 e. The summed E-state index contributed by atoms with van der Waals surface area (Å²) in [5.74, 6) is 1.23. The molecule has 2 aliphatic heterocycles. The molecule has 0 aromatic heterocycles. The van der Waals surface area contributed by atoms with Crippen molar-refractivity contribution < 1.29 is 4.79 Å². The highest BCUT2D eigenvalue weighted by Gasteiger charge is 2.15. The van der Waals surface area contributed by atoms with E-state index in [-0.39, 0.29) is 24.0 Å². The van der Waals surface area contributed by atoms with E-state index in [1.165, 1.54) is 38.8 Å². The number of likely N-dealkylation sites (tertiary alicyclic amines) is 2. The minimum Gasteiger partial charge on any atom is -0.357 e. The highest BCUT2D eigenvalue weighted by molar-refractivity contribution is 14.0. The Morgan fingerprint density at radius 3 is 2.50 bits per heavy atom. The molecule has 0 aliphatic carbocycles. The molecule has 6 nitrogen and oxygen atoms in total. The van der Waals surface area contributed by atoms with Gasteiger partial charge in [0.15, 0.2) is 5.96 Å². The third kappa shape index (κ3) is 9.39. The van der Waals surface area contributed by atoms with Crippen LogP contribution in [-0.4, -0.2) is 74.0 Å². The zero-order valence-electron chi connectivity index (χ0n) is 16.5. The van der Waals surface area contributed by atoms with Crippen LogP contribution in [0.5, 0.6) is 0 Å². The number of guanidine groups is 1. The Bertz CT molecular complexity index is 413. The molecule has 1 amide bonds. The van der Waals surface area contributed by atoms with E-state index < -0.39 is 0 Å². The first-order valence-electron chi connectivity index (χ1n) is 10.3. The SMILES string of the molecule is CCNC(=NCCCN1CCCCCC1=O)NCCN1CCCCC1.I. The molecule has 0 radical (unpaired) electrons. The van der Waals surface area contributed by atoms with Crippen molar-refractivity contribution in [3.63, 3.8) is 0 Å². The van der Waals surface area contributed by atoms with Crippen molar-refractivity contribution >= 4 is 35.8 Å². The first-order valence-corrected chi connectivity index (χ1v) is 10.3. The van der Waals surface area contributed by atoms with E-state index in [4.69, 9.17) is 0 Å². The van der Waals surface area contributed by atoms with Crippen LogP contribution < -0.4 is 10.6 Å². The normalized spacial score (nSPS) is 19.7. The number of hydrogen-bond acceptors (Lipinski definition) is 3. The lowest BCUT2D eigenvalue weighted by Gasteiger charge is -2.26. The minimum atomic E-state index is 0. The van der Waals surface area contributed by atoms with Crippen molar-refractivity contribution in [3.8, 4) is 0 Å². The third-order valence-corrected chi connectivity index (χ3v) is 5.04. The molecule has 2 aliphatic rings. The predicted octanol–water partition coefficient (Wildman–Crippen LogP) is 2.44. The van der Waals surface area contributed by atoms with Crippen molar-refractivity contribution in [1.82, 2.24) is 20.4 Å². The molecule has 2 heterocycles. The Kier molecular flexibility index (Phi) is 13.1. The zero-order chi connectivity index (χ0) is 17.7. The quantitative estimate of drug-likeness (QED) is 0.243. The Balaban J connectivity index is 0.00000338. The van der Waals surface area contributed by atoms with Gasteiger partial charge in [-0.05, 0) is 52.1 Å². The topological polar surface area (TPSA) is 60.0 Å². The van der Waals surface area contributed by atoms with Gasteiger partial charge < -0.3 is 20.4 Å². The minimum absolute atomic E-state index is 0. The lowest BCUT2D eigenvalue weighted by Crippen LogP contribution is -2.42. The molecule has 0 aromatic rings. The Morgan fingerprint density at radius 1 is 1.00 bits per heavy atom. The molecule has 0 unspecified atom stereocenters. The summed E-state index contributed by atoms with van der Waals surface area (Å²) < 4.78 is 0. The first-order chi connectivity index (χ1) is 12.3. The lowest BCUT2D eigenvalue weighted by atomic mass is 10.1. The monoisotopic (exact) mass is 479 g/mol. The number of carbonyl (C=O) groups excluding carboxylic acids is 1. The maximum absolute atomic E-state index is 12.0. The number of nitrogens with zero attached hydrogens (tertiary/aromatic N) is 3. The second kappa shape index (κ2) is 14.5. The molecule has 0 saturated carbocycles. The number of nitrogens with one attached hydrogen (secondary N) is 2. The van der Waals surface area contributed by atoms with Crippen LogP contribution in [0.4, 0.5) is 0 Å². The molecular weight excluding hydrogens is 441 g/mol. The molecule has 2 fully saturated rings. The number of piperidine rings is 1. The molecule has 0 atom stereocenters. The molecule has 2 saturated heterocycles. The number of rotatable bonds is 8. The third-order valence-electron chi connectivity index (χ3n) is 5.04. The summed E-state index contributed by atoms with van der Waals surface area (Å²) in [4.78, 5) is 21.2. The van der Waals surface area contributed by atoms with Crippen LogP contribution in [0.3, 0.4) is 0 Å². The highest BCUT2D eigenvalue weighted by Crippen LogP contribution is 2.11. The van der Waals surface area contributed by atoms with Gasteiger partial charge in [-0.25, -0.2) is 0 Å². The van der Waals surface area contributed by atoms with E-state index in [0.717, 1.165) is 70.9 Å². The fourth-order valence-electron chi connectivity index (χ4n) is 3.58. The average Bonchev–Trinajstić information content (AvgIpc) is 2.84. The van der Waals surface area contributed by atoms with Gasteiger partial charge in [0.25, 0.3) is 0 Å². The van der Waals surface area contributed by atoms with Crippen molar-refractivity contribution in [3.05, 3.63) is 0 Å². The van der Waals surface area contributed by atoms with Crippen molar-refractivity contribution in [1.29, 1.82) is 0 Å². The van der Waals surface area contributed by atoms with Crippen LogP contribution in [0.15, 0.2) is 4.99 Å². The predicted molar refractivity (Wildman–Crippen MR) is 119 cm³/mol. The van der Waals surface area contributed by atoms with Gasteiger partial charge in [-0.15, -0.1) is 24.0 Å². The van der Waals surface area contributed by atoms with Crippen LogP contribution in [0.2, 0.25) is 0 Å². The van der Waals surface area contributed by atoms with Crippen molar-refractivity contribution in [2.75, 3.05) is 52.4 Å². The summed E-state index contributed by atoms with van der Waals surface area (Å²) in [5.41, 5.74) is 0. The van der Waals surface area contributed by atoms with Crippen LogP contribution >= 0.6 is 24.0 Å². The Morgan fingerprint density at radius 2 is 1.73 bits per heavy atom. The van der Waals surface area contributed by atoms with Gasteiger partial charge in [-0.2, -0.15) is 0 Å². The molecule has 26 heavy (non-hydrogen) atoms. The number of amides is 1. The summed E-state index contributed by atoms with van der Waals surface area (Å²) >= 11 is 0. The van der Waals surface area contributed by atoms with E-state index in [9.17, 15) is 4.79 Å². The van der Waals surface area contributed by atoms with Gasteiger partial charge in [-0.3, -0.25) is 9.79 Å². The van der Waals surface area contributed by atoms with Crippen LogP contribution in [0.1, 0.15) is 58.3 Å². The van der Waals surface area contributed by atoms with Crippen LogP contribution in [0, 0.1) is 0 Å². The summed E-state index contributed by atoms with van der Waals surface area (Å²) in [5, 5.41) is 6.76. The number of aliphatic imine (C=N–C) groups is 1. The lowest BCUT2D eigenvalue weighted by molar-refractivity contribution is -0.130. The standard InChI is InChI=1S/C19H37N5O.HI/c1-2-20-19(22-12-17-23-13-6-4-7-14-23)21-11-9-16-24-15-8-3-5-10-18(24)25;/h2-17H2,1H3,(H2,20,21,22);1H. The number of halogens is 1. The van der Waals surface area contributed by atoms with E-state index >= 15 is 0 Å². The fourth-order valence-corrected chi connectivity index (χ4v) is 3.58. The molecule has 2 rings (SSSR count). The van der Waals surface area contributed by atoms with Gasteiger partial charge in [0, 0.05) is 45.7 Å². The molecule has 2 N–H and O–H groups in total. The van der Waals surface area contributed by atoms with Gasteiger partial charge >= 0.3 is 0 Å². The smallest absolute Gasteiger partial charge is 0.222 e. The van der Waals surface area contributed by atoms with E-state index in [0.29, 0.717) is 5.91 Å². The van der Waals surface area contributed by atoms with Gasteiger partial charge in [0.1, 0.15) is 0 Å². The molecule has 152 valence electrons. The van der Waals surface area contributed by atoms with Gasteiger partial charge in [0.2, 0.25) is 5.91 Å². The van der Waals surface area contributed by atoms with Crippen molar-refractivity contribution in [2.24, 2.45) is 4.99 Å². The second-order valence-electron chi connectivity index (χ2n) is 7.13. The summed E-state index contributed by atoms with van der Waals surface area (Å²) in [7, 11) is 0. The zero-order valence-corrected chi connectivity index (χ0v) is 18.8.